The highest BCUT2D eigenvalue weighted by Gasteiger charge is 2.35. The minimum absolute atomic E-state index is 0.0329. The van der Waals surface area contributed by atoms with Crippen molar-refractivity contribution in [1.82, 2.24) is 0 Å². The fourth-order valence-corrected chi connectivity index (χ4v) is 4.51. The van der Waals surface area contributed by atoms with E-state index in [2.05, 4.69) is 92.7 Å². The van der Waals surface area contributed by atoms with Crippen LogP contribution in [0.3, 0.4) is 0 Å². The lowest BCUT2D eigenvalue weighted by molar-refractivity contribution is 0.660. The van der Waals surface area contributed by atoms with Crippen molar-refractivity contribution in [3.8, 4) is 33.4 Å². The van der Waals surface area contributed by atoms with Crippen LogP contribution < -0.4 is 0 Å². The molecular formula is C27H21Cl. The smallest absolute Gasteiger partial charge is 0.0406 e. The van der Waals surface area contributed by atoms with Crippen molar-refractivity contribution in [3.63, 3.8) is 0 Å². The number of rotatable bonds is 2. The zero-order chi connectivity index (χ0) is 19.3. The van der Waals surface area contributed by atoms with E-state index in [-0.39, 0.29) is 5.41 Å². The first-order chi connectivity index (χ1) is 13.5. The molecule has 4 aromatic carbocycles. The average Bonchev–Trinajstić information content (AvgIpc) is 2.96. The third kappa shape index (κ3) is 2.68. The third-order valence-electron chi connectivity index (χ3n) is 5.98. The molecule has 0 saturated heterocycles. The Balaban J connectivity index is 1.54. The first kappa shape index (κ1) is 17.3. The molecule has 0 saturated carbocycles. The van der Waals surface area contributed by atoms with E-state index in [9.17, 15) is 0 Å². The van der Waals surface area contributed by atoms with Crippen molar-refractivity contribution in [3.05, 3.63) is 107 Å². The highest BCUT2D eigenvalue weighted by atomic mass is 35.5. The molecule has 0 aromatic heterocycles. The Bertz CT molecular complexity index is 1170. The summed E-state index contributed by atoms with van der Waals surface area (Å²) in [7, 11) is 0. The molecule has 0 aliphatic heterocycles. The van der Waals surface area contributed by atoms with Crippen molar-refractivity contribution in [1.29, 1.82) is 0 Å². The summed E-state index contributed by atoms with van der Waals surface area (Å²) in [5, 5.41) is 0.766. The minimum atomic E-state index is 0.0329. The van der Waals surface area contributed by atoms with Gasteiger partial charge in [-0.3, -0.25) is 0 Å². The van der Waals surface area contributed by atoms with Gasteiger partial charge in [0.05, 0.1) is 0 Å². The van der Waals surface area contributed by atoms with Crippen molar-refractivity contribution in [2.75, 3.05) is 0 Å². The molecule has 0 unspecified atom stereocenters. The molecule has 28 heavy (non-hydrogen) atoms. The second-order valence-electron chi connectivity index (χ2n) is 8.02. The van der Waals surface area contributed by atoms with Crippen molar-refractivity contribution in [2.24, 2.45) is 0 Å². The van der Waals surface area contributed by atoms with E-state index in [1.165, 1.54) is 44.5 Å². The number of fused-ring (bicyclic) bond motifs is 3. The molecule has 4 aromatic rings. The van der Waals surface area contributed by atoms with Gasteiger partial charge in [-0.25, -0.2) is 0 Å². The lowest BCUT2D eigenvalue weighted by Crippen LogP contribution is -2.14. The lowest BCUT2D eigenvalue weighted by atomic mass is 9.81. The van der Waals surface area contributed by atoms with Crippen LogP contribution >= 0.6 is 11.6 Å². The van der Waals surface area contributed by atoms with Gasteiger partial charge in [-0.1, -0.05) is 98.2 Å². The molecule has 5 rings (SSSR count). The molecule has 0 heterocycles. The highest BCUT2D eigenvalue weighted by Crippen LogP contribution is 2.49. The predicted molar refractivity (Wildman–Crippen MR) is 120 cm³/mol. The molecular weight excluding hydrogens is 360 g/mol. The van der Waals surface area contributed by atoms with Gasteiger partial charge in [0.15, 0.2) is 0 Å². The molecule has 0 fully saturated rings. The Hall–Kier alpha value is -2.83. The van der Waals surface area contributed by atoms with Crippen LogP contribution in [0.2, 0.25) is 5.02 Å². The monoisotopic (exact) mass is 380 g/mol. The van der Waals surface area contributed by atoms with Crippen LogP contribution in [0, 0.1) is 0 Å². The van der Waals surface area contributed by atoms with Crippen LogP contribution in [0.1, 0.15) is 25.0 Å². The molecule has 1 heteroatoms. The Labute approximate surface area is 171 Å². The fraction of sp³-hybridized carbons (Fsp3) is 0.111. The molecule has 1 aliphatic rings. The van der Waals surface area contributed by atoms with Crippen LogP contribution in [0.15, 0.2) is 91.0 Å². The van der Waals surface area contributed by atoms with Gasteiger partial charge in [0.25, 0.3) is 0 Å². The third-order valence-corrected chi connectivity index (χ3v) is 6.23. The van der Waals surface area contributed by atoms with E-state index < -0.39 is 0 Å². The molecule has 0 nitrogen and oxygen atoms in total. The van der Waals surface area contributed by atoms with Crippen LogP contribution in [0.5, 0.6) is 0 Å². The number of hydrogen-bond acceptors (Lipinski definition) is 0. The molecule has 0 radical (unpaired) electrons. The minimum Gasteiger partial charge on any atom is -0.0843 e. The summed E-state index contributed by atoms with van der Waals surface area (Å²) < 4.78 is 0. The van der Waals surface area contributed by atoms with Gasteiger partial charge in [-0.15, -0.1) is 0 Å². The number of hydrogen-bond donors (Lipinski definition) is 0. The fourth-order valence-electron chi connectivity index (χ4n) is 4.38. The Morgan fingerprint density at radius 2 is 1.04 bits per heavy atom. The van der Waals surface area contributed by atoms with E-state index in [1.54, 1.807) is 0 Å². The summed E-state index contributed by atoms with van der Waals surface area (Å²) in [5.74, 6) is 0. The van der Waals surface area contributed by atoms with Crippen LogP contribution in [-0.4, -0.2) is 0 Å². The van der Waals surface area contributed by atoms with E-state index in [0.717, 1.165) is 5.02 Å². The molecule has 0 bridgehead atoms. The normalized spacial score (nSPS) is 13.8. The average molecular weight is 381 g/mol. The first-order valence-corrected chi connectivity index (χ1v) is 10.0. The van der Waals surface area contributed by atoms with Crippen LogP contribution in [-0.2, 0) is 5.41 Å². The van der Waals surface area contributed by atoms with E-state index in [4.69, 9.17) is 11.6 Å². The second kappa shape index (κ2) is 6.36. The van der Waals surface area contributed by atoms with Crippen LogP contribution in [0.25, 0.3) is 33.4 Å². The van der Waals surface area contributed by atoms with Gasteiger partial charge in [0, 0.05) is 10.4 Å². The lowest BCUT2D eigenvalue weighted by Gasteiger charge is -2.22. The van der Waals surface area contributed by atoms with Gasteiger partial charge in [-0.05, 0) is 62.7 Å². The van der Waals surface area contributed by atoms with E-state index >= 15 is 0 Å². The maximum absolute atomic E-state index is 6.01. The molecule has 0 atom stereocenters. The Kier molecular flexibility index (Phi) is 3.92. The summed E-state index contributed by atoms with van der Waals surface area (Å²) in [5.41, 5.74) is 10.5. The van der Waals surface area contributed by atoms with Crippen molar-refractivity contribution >= 4 is 11.6 Å². The maximum Gasteiger partial charge on any atom is 0.0406 e. The Morgan fingerprint density at radius 1 is 0.536 bits per heavy atom. The van der Waals surface area contributed by atoms with Crippen molar-refractivity contribution < 1.29 is 0 Å². The van der Waals surface area contributed by atoms with Crippen LogP contribution in [0.4, 0.5) is 0 Å². The van der Waals surface area contributed by atoms with Gasteiger partial charge in [0.2, 0.25) is 0 Å². The number of benzene rings is 4. The second-order valence-corrected chi connectivity index (χ2v) is 8.45. The zero-order valence-electron chi connectivity index (χ0n) is 16.0. The quantitative estimate of drug-likeness (QED) is 0.330. The summed E-state index contributed by atoms with van der Waals surface area (Å²) >= 11 is 6.01. The summed E-state index contributed by atoms with van der Waals surface area (Å²) in [6, 6.07) is 32.5. The SMILES string of the molecule is CC1(C)c2ccccc2-c2ccc(-c3ccc(-c4ccc(Cl)cc4)cc3)cc21. The highest BCUT2D eigenvalue weighted by molar-refractivity contribution is 6.30. The molecule has 0 spiro atoms. The largest absolute Gasteiger partial charge is 0.0843 e. The Morgan fingerprint density at radius 3 is 1.71 bits per heavy atom. The first-order valence-electron chi connectivity index (χ1n) is 9.65. The summed E-state index contributed by atoms with van der Waals surface area (Å²) in [4.78, 5) is 0. The zero-order valence-corrected chi connectivity index (χ0v) is 16.8. The summed E-state index contributed by atoms with van der Waals surface area (Å²) in [6.07, 6.45) is 0. The predicted octanol–water partition coefficient (Wildman–Crippen LogP) is 7.98. The van der Waals surface area contributed by atoms with Gasteiger partial charge < -0.3 is 0 Å². The number of halogens is 1. The van der Waals surface area contributed by atoms with E-state index in [1.807, 2.05) is 12.1 Å². The standard InChI is InChI=1S/C27H21Cl/c1-27(2)25-6-4-3-5-23(25)24-16-13-21(17-26(24)27)20-9-7-18(8-10-20)19-11-14-22(28)15-12-19/h3-17H,1-2H3. The maximum atomic E-state index is 6.01. The molecule has 0 amide bonds. The van der Waals surface area contributed by atoms with Gasteiger partial charge in [0.1, 0.15) is 0 Å². The van der Waals surface area contributed by atoms with Crippen molar-refractivity contribution in [2.45, 2.75) is 19.3 Å². The molecule has 136 valence electrons. The van der Waals surface area contributed by atoms with Gasteiger partial charge in [-0.2, -0.15) is 0 Å². The summed E-state index contributed by atoms with van der Waals surface area (Å²) in [6.45, 7) is 4.65. The molecule has 0 N–H and O–H groups in total. The van der Waals surface area contributed by atoms with Gasteiger partial charge >= 0.3 is 0 Å². The topological polar surface area (TPSA) is 0 Å². The molecule has 1 aliphatic carbocycles. The van der Waals surface area contributed by atoms with E-state index in [0.29, 0.717) is 0 Å².